The maximum atomic E-state index is 12.9. The van der Waals surface area contributed by atoms with Crippen molar-refractivity contribution in [2.24, 2.45) is 7.05 Å². The van der Waals surface area contributed by atoms with E-state index in [1.807, 2.05) is 18.1 Å². The van der Waals surface area contributed by atoms with E-state index in [-0.39, 0.29) is 23.9 Å². The van der Waals surface area contributed by atoms with Gasteiger partial charge in [0.1, 0.15) is 23.7 Å². The second kappa shape index (κ2) is 7.65. The largest absolute Gasteiger partial charge is 0.490 e. The fraction of sp³-hybridized carbons (Fsp3) is 0.444. The Kier molecular flexibility index (Phi) is 5.33. The molecule has 0 bridgehead atoms. The zero-order chi connectivity index (χ0) is 17.8. The molecule has 0 aliphatic carbocycles. The average Bonchev–Trinajstić information content (AvgIpc) is 3.04. The number of hydrogen-bond acceptors (Lipinski definition) is 4. The third-order valence-corrected chi connectivity index (χ3v) is 4.46. The summed E-state index contributed by atoms with van der Waals surface area (Å²) in [6, 6.07) is 5.65. The van der Waals surface area contributed by atoms with E-state index in [0.717, 1.165) is 18.4 Å². The normalized spacial score (nSPS) is 16.7. The van der Waals surface area contributed by atoms with Crippen LogP contribution in [0.1, 0.15) is 24.4 Å². The molecular formula is C18H23FN4O2. The van der Waals surface area contributed by atoms with Crippen LogP contribution in [0.25, 0.3) is 0 Å². The summed E-state index contributed by atoms with van der Waals surface area (Å²) in [6.07, 6.45) is 5.12. The van der Waals surface area contributed by atoms with Gasteiger partial charge in [-0.15, -0.1) is 0 Å². The summed E-state index contributed by atoms with van der Waals surface area (Å²) in [5, 5.41) is 7.21. The molecule has 1 aliphatic rings. The number of aryl methyl sites for hydroxylation is 1. The number of carbonyl (C=O) groups excluding carboxylic acids is 1. The number of likely N-dealkylation sites (tertiary alicyclic amines) is 1. The van der Waals surface area contributed by atoms with Gasteiger partial charge < -0.3 is 15.0 Å². The van der Waals surface area contributed by atoms with Crippen molar-refractivity contribution in [2.45, 2.75) is 25.0 Å². The average molecular weight is 346 g/mol. The van der Waals surface area contributed by atoms with Crippen LogP contribution in [0.2, 0.25) is 0 Å². The molecule has 1 N–H and O–H groups in total. The Balaban J connectivity index is 1.55. The molecule has 2 aromatic rings. The van der Waals surface area contributed by atoms with Gasteiger partial charge in [-0.1, -0.05) is 0 Å². The van der Waals surface area contributed by atoms with Crippen LogP contribution in [0.3, 0.4) is 0 Å². The number of nitrogens with zero attached hydrogens (tertiary/aromatic N) is 3. The molecule has 1 atom stereocenters. The Hall–Kier alpha value is -2.41. The molecule has 1 unspecified atom stereocenters. The minimum atomic E-state index is -0.386. The molecule has 0 saturated carbocycles. The molecule has 1 amide bonds. The molecule has 1 aromatic heterocycles. The van der Waals surface area contributed by atoms with Crippen molar-refractivity contribution in [1.29, 1.82) is 0 Å². The smallest absolute Gasteiger partial charge is 0.244 e. The number of carbonyl (C=O) groups is 1. The minimum absolute atomic E-state index is 0.0425. The van der Waals surface area contributed by atoms with Crippen LogP contribution in [0.5, 0.6) is 5.75 Å². The van der Waals surface area contributed by atoms with Crippen LogP contribution in [0, 0.1) is 5.82 Å². The van der Waals surface area contributed by atoms with Gasteiger partial charge in [0.05, 0.1) is 6.20 Å². The number of aromatic nitrogens is 2. The Labute approximate surface area is 146 Å². The van der Waals surface area contributed by atoms with Crippen LogP contribution in [-0.4, -0.2) is 46.8 Å². The van der Waals surface area contributed by atoms with Crippen LogP contribution in [-0.2, 0) is 11.8 Å². The van der Waals surface area contributed by atoms with Crippen molar-refractivity contribution in [3.8, 4) is 5.75 Å². The second-order valence-corrected chi connectivity index (χ2v) is 6.27. The van der Waals surface area contributed by atoms with Gasteiger partial charge in [-0.2, -0.15) is 5.10 Å². The topological polar surface area (TPSA) is 59.4 Å². The van der Waals surface area contributed by atoms with E-state index in [0.29, 0.717) is 18.8 Å². The van der Waals surface area contributed by atoms with Gasteiger partial charge in [0.25, 0.3) is 0 Å². The summed E-state index contributed by atoms with van der Waals surface area (Å²) in [5.74, 6) is 0.437. The van der Waals surface area contributed by atoms with E-state index in [9.17, 15) is 9.18 Å². The summed E-state index contributed by atoms with van der Waals surface area (Å²) in [6.45, 7) is 1.28. The number of benzene rings is 1. The van der Waals surface area contributed by atoms with Gasteiger partial charge in [-0.05, 0) is 31.3 Å². The zero-order valence-electron chi connectivity index (χ0n) is 14.5. The Morgan fingerprint density at radius 2 is 2.00 bits per heavy atom. The molecule has 3 rings (SSSR count). The molecule has 1 saturated heterocycles. The number of piperidine rings is 1. The SMILES string of the molecule is CNC(C(=O)N1CCC(Oc2ccc(F)cc2)CC1)c1cnn(C)c1. The first-order chi connectivity index (χ1) is 12.1. The van der Waals surface area contributed by atoms with Gasteiger partial charge in [-0.3, -0.25) is 9.48 Å². The highest BCUT2D eigenvalue weighted by Gasteiger charge is 2.29. The zero-order valence-corrected chi connectivity index (χ0v) is 14.5. The van der Waals surface area contributed by atoms with Crippen LogP contribution >= 0.6 is 0 Å². The number of halogens is 1. The predicted octanol–water partition coefficient (Wildman–Crippen LogP) is 1.89. The molecule has 2 heterocycles. The number of rotatable bonds is 5. The molecular weight excluding hydrogens is 323 g/mol. The molecule has 0 spiro atoms. The van der Waals surface area contributed by atoms with Crippen LogP contribution < -0.4 is 10.1 Å². The lowest BCUT2D eigenvalue weighted by molar-refractivity contribution is -0.135. The van der Waals surface area contributed by atoms with E-state index in [1.54, 1.807) is 30.1 Å². The van der Waals surface area contributed by atoms with Crippen molar-refractivity contribution in [2.75, 3.05) is 20.1 Å². The lowest BCUT2D eigenvalue weighted by Gasteiger charge is -2.34. The summed E-state index contributed by atoms with van der Waals surface area (Å²) in [4.78, 5) is 14.6. The first-order valence-electron chi connectivity index (χ1n) is 8.43. The summed E-state index contributed by atoms with van der Waals surface area (Å²) >= 11 is 0. The van der Waals surface area contributed by atoms with Gasteiger partial charge in [0, 0.05) is 44.7 Å². The number of likely N-dealkylation sites (N-methyl/N-ethyl adjacent to an activating group) is 1. The number of nitrogens with one attached hydrogen (secondary N) is 1. The molecule has 0 radical (unpaired) electrons. The third kappa shape index (κ3) is 4.17. The second-order valence-electron chi connectivity index (χ2n) is 6.27. The van der Waals surface area contributed by atoms with Crippen LogP contribution in [0.15, 0.2) is 36.7 Å². The van der Waals surface area contributed by atoms with Gasteiger partial charge in [0.2, 0.25) is 5.91 Å². The van der Waals surface area contributed by atoms with E-state index >= 15 is 0 Å². The molecule has 6 nitrogen and oxygen atoms in total. The Bertz CT molecular complexity index is 708. The summed E-state index contributed by atoms with van der Waals surface area (Å²) < 4.78 is 20.5. The van der Waals surface area contributed by atoms with Crippen molar-refractivity contribution < 1.29 is 13.9 Å². The summed E-state index contributed by atoms with van der Waals surface area (Å²) in [5.41, 5.74) is 0.861. The van der Waals surface area contributed by atoms with E-state index in [1.165, 1.54) is 12.1 Å². The first kappa shape index (κ1) is 17.4. The van der Waals surface area contributed by atoms with Crippen LogP contribution in [0.4, 0.5) is 4.39 Å². The lowest BCUT2D eigenvalue weighted by atomic mass is 10.0. The quantitative estimate of drug-likeness (QED) is 0.898. The standard InChI is InChI=1S/C18H23FN4O2/c1-20-17(13-11-21-22(2)12-13)18(24)23-9-7-16(8-10-23)25-15-5-3-14(19)4-6-15/h3-6,11-12,16-17,20H,7-10H2,1-2H3. The molecule has 1 aromatic carbocycles. The fourth-order valence-corrected chi connectivity index (χ4v) is 3.10. The molecule has 1 fully saturated rings. The highest BCUT2D eigenvalue weighted by Crippen LogP contribution is 2.22. The van der Waals surface area contributed by atoms with E-state index < -0.39 is 0 Å². The molecule has 134 valence electrons. The number of amides is 1. The highest BCUT2D eigenvalue weighted by molar-refractivity contribution is 5.83. The lowest BCUT2D eigenvalue weighted by Crippen LogP contribution is -2.46. The number of hydrogen-bond donors (Lipinski definition) is 1. The predicted molar refractivity (Wildman–Crippen MR) is 91.6 cm³/mol. The Morgan fingerprint density at radius 1 is 1.32 bits per heavy atom. The Morgan fingerprint density at radius 3 is 2.56 bits per heavy atom. The van der Waals surface area contributed by atoms with Crippen molar-refractivity contribution in [1.82, 2.24) is 20.0 Å². The van der Waals surface area contributed by atoms with Crippen molar-refractivity contribution in [3.05, 3.63) is 48.0 Å². The van der Waals surface area contributed by atoms with E-state index in [2.05, 4.69) is 10.4 Å². The third-order valence-electron chi connectivity index (χ3n) is 4.46. The maximum Gasteiger partial charge on any atom is 0.244 e. The number of ether oxygens (including phenoxy) is 1. The monoisotopic (exact) mass is 346 g/mol. The highest BCUT2D eigenvalue weighted by atomic mass is 19.1. The molecule has 7 heteroatoms. The van der Waals surface area contributed by atoms with Crippen molar-refractivity contribution in [3.63, 3.8) is 0 Å². The molecule has 25 heavy (non-hydrogen) atoms. The first-order valence-corrected chi connectivity index (χ1v) is 8.43. The summed E-state index contributed by atoms with van der Waals surface area (Å²) in [7, 11) is 3.61. The van der Waals surface area contributed by atoms with Gasteiger partial charge in [0.15, 0.2) is 0 Å². The van der Waals surface area contributed by atoms with Crippen molar-refractivity contribution >= 4 is 5.91 Å². The molecule has 1 aliphatic heterocycles. The van der Waals surface area contributed by atoms with E-state index in [4.69, 9.17) is 4.74 Å². The maximum absolute atomic E-state index is 12.9. The van der Waals surface area contributed by atoms with Gasteiger partial charge in [-0.25, -0.2) is 4.39 Å². The van der Waals surface area contributed by atoms with Gasteiger partial charge >= 0.3 is 0 Å². The minimum Gasteiger partial charge on any atom is -0.490 e. The fourth-order valence-electron chi connectivity index (χ4n) is 3.10.